The Balaban J connectivity index is 2.36. The summed E-state index contributed by atoms with van der Waals surface area (Å²) in [6.45, 7) is 3.81. The van der Waals surface area contributed by atoms with E-state index in [1.165, 1.54) is 17.1 Å². The highest BCUT2D eigenvalue weighted by molar-refractivity contribution is 7.87. The fourth-order valence-corrected chi connectivity index (χ4v) is 3.55. The zero-order chi connectivity index (χ0) is 13.6. The standard InChI is InChI=1S/C12H27N3O2S/c1-11-5-3-6-12(9-11)10-14-18(16,17)15(2)8-4-7-13/h11-12,14H,3-10,13H2,1-2H3. The molecule has 6 heteroatoms. The van der Waals surface area contributed by atoms with E-state index in [1.807, 2.05) is 0 Å². The van der Waals surface area contributed by atoms with Crippen LogP contribution < -0.4 is 10.5 Å². The van der Waals surface area contributed by atoms with E-state index in [9.17, 15) is 8.42 Å². The van der Waals surface area contributed by atoms with Gasteiger partial charge in [-0.3, -0.25) is 0 Å². The summed E-state index contributed by atoms with van der Waals surface area (Å²) in [7, 11) is -1.72. The molecule has 0 aliphatic heterocycles. The molecule has 0 bridgehead atoms. The number of nitrogens with one attached hydrogen (secondary N) is 1. The van der Waals surface area contributed by atoms with Crippen LogP contribution in [0.15, 0.2) is 0 Å². The minimum Gasteiger partial charge on any atom is -0.330 e. The molecule has 3 N–H and O–H groups in total. The van der Waals surface area contributed by atoms with Gasteiger partial charge in [-0.25, -0.2) is 4.72 Å². The van der Waals surface area contributed by atoms with E-state index < -0.39 is 10.2 Å². The molecule has 0 amide bonds. The molecule has 2 atom stereocenters. The maximum absolute atomic E-state index is 11.9. The molecule has 1 saturated carbocycles. The van der Waals surface area contributed by atoms with Crippen LogP contribution in [-0.2, 0) is 10.2 Å². The molecule has 1 aliphatic carbocycles. The van der Waals surface area contributed by atoms with Gasteiger partial charge in [0.2, 0.25) is 0 Å². The first-order valence-electron chi connectivity index (χ1n) is 6.86. The van der Waals surface area contributed by atoms with Gasteiger partial charge in [0.1, 0.15) is 0 Å². The molecule has 5 nitrogen and oxygen atoms in total. The summed E-state index contributed by atoms with van der Waals surface area (Å²) in [5.41, 5.74) is 5.38. The minimum atomic E-state index is -3.32. The van der Waals surface area contributed by atoms with Crippen LogP contribution in [0.2, 0.25) is 0 Å². The van der Waals surface area contributed by atoms with E-state index in [2.05, 4.69) is 11.6 Å². The maximum atomic E-state index is 11.9. The van der Waals surface area contributed by atoms with Gasteiger partial charge < -0.3 is 5.73 Å². The Morgan fingerprint density at radius 3 is 2.72 bits per heavy atom. The SMILES string of the molecule is CC1CCCC(CNS(=O)(=O)N(C)CCCN)C1. The van der Waals surface area contributed by atoms with E-state index in [1.54, 1.807) is 7.05 Å². The zero-order valence-corrected chi connectivity index (χ0v) is 12.4. The summed E-state index contributed by atoms with van der Waals surface area (Å²) < 4.78 is 27.9. The van der Waals surface area contributed by atoms with E-state index in [0.29, 0.717) is 32.0 Å². The summed E-state index contributed by atoms with van der Waals surface area (Å²) in [5, 5.41) is 0. The molecule has 0 radical (unpaired) electrons. The largest absolute Gasteiger partial charge is 0.330 e. The average molecular weight is 277 g/mol. The Morgan fingerprint density at radius 2 is 2.11 bits per heavy atom. The third kappa shape index (κ3) is 5.22. The average Bonchev–Trinajstić information content (AvgIpc) is 2.33. The van der Waals surface area contributed by atoms with Crippen molar-refractivity contribution in [3.05, 3.63) is 0 Å². The normalized spacial score (nSPS) is 25.6. The lowest BCUT2D eigenvalue weighted by Crippen LogP contribution is -2.41. The Bertz CT molecular complexity index is 332. The number of hydrogen-bond acceptors (Lipinski definition) is 3. The Kier molecular flexibility index (Phi) is 6.55. The fraction of sp³-hybridized carbons (Fsp3) is 1.00. The van der Waals surface area contributed by atoms with E-state index in [4.69, 9.17) is 5.73 Å². The van der Waals surface area contributed by atoms with Gasteiger partial charge in [0, 0.05) is 20.1 Å². The molecule has 0 aromatic carbocycles. The van der Waals surface area contributed by atoms with Gasteiger partial charge in [0.25, 0.3) is 10.2 Å². The molecule has 1 rings (SSSR count). The van der Waals surface area contributed by atoms with Gasteiger partial charge in [-0.1, -0.05) is 19.8 Å². The van der Waals surface area contributed by atoms with Crippen molar-refractivity contribution in [3.8, 4) is 0 Å². The number of rotatable bonds is 7. The van der Waals surface area contributed by atoms with Crippen LogP contribution in [0.5, 0.6) is 0 Å². The van der Waals surface area contributed by atoms with Gasteiger partial charge in [-0.2, -0.15) is 12.7 Å². The van der Waals surface area contributed by atoms with Crippen molar-refractivity contribution in [2.45, 2.75) is 39.0 Å². The first-order valence-corrected chi connectivity index (χ1v) is 8.30. The smallest absolute Gasteiger partial charge is 0.279 e. The molecule has 18 heavy (non-hydrogen) atoms. The van der Waals surface area contributed by atoms with Gasteiger partial charge in [0.05, 0.1) is 0 Å². The molecular formula is C12H27N3O2S. The second-order valence-electron chi connectivity index (χ2n) is 5.46. The summed E-state index contributed by atoms with van der Waals surface area (Å²) in [6.07, 6.45) is 5.46. The molecule has 2 unspecified atom stereocenters. The molecule has 1 aliphatic rings. The lowest BCUT2D eigenvalue weighted by molar-refractivity contribution is 0.281. The molecule has 0 heterocycles. The molecule has 0 saturated heterocycles. The summed E-state index contributed by atoms with van der Waals surface area (Å²) in [4.78, 5) is 0. The first kappa shape index (κ1) is 15.9. The van der Waals surface area contributed by atoms with Gasteiger partial charge in [-0.15, -0.1) is 0 Å². The highest BCUT2D eigenvalue weighted by Crippen LogP contribution is 2.28. The highest BCUT2D eigenvalue weighted by atomic mass is 32.2. The van der Waals surface area contributed by atoms with Crippen LogP contribution in [0.3, 0.4) is 0 Å². The molecule has 0 spiro atoms. The monoisotopic (exact) mass is 277 g/mol. The third-order valence-corrected chi connectivity index (χ3v) is 5.22. The van der Waals surface area contributed by atoms with Crippen molar-refractivity contribution in [1.29, 1.82) is 0 Å². The van der Waals surface area contributed by atoms with E-state index in [-0.39, 0.29) is 0 Å². The number of nitrogens with two attached hydrogens (primary N) is 1. The van der Waals surface area contributed by atoms with Crippen LogP contribution in [0.1, 0.15) is 39.0 Å². The quantitative estimate of drug-likeness (QED) is 0.727. The van der Waals surface area contributed by atoms with Gasteiger partial charge in [-0.05, 0) is 37.6 Å². The number of nitrogens with zero attached hydrogens (tertiary/aromatic N) is 1. The zero-order valence-electron chi connectivity index (χ0n) is 11.6. The predicted molar refractivity (Wildman–Crippen MR) is 74.3 cm³/mol. The lowest BCUT2D eigenvalue weighted by Gasteiger charge is -2.27. The second-order valence-corrected chi connectivity index (χ2v) is 7.32. The summed E-state index contributed by atoms with van der Waals surface area (Å²) in [5.74, 6) is 1.22. The highest BCUT2D eigenvalue weighted by Gasteiger charge is 2.22. The van der Waals surface area contributed by atoms with E-state index >= 15 is 0 Å². The molecule has 1 fully saturated rings. The van der Waals surface area contributed by atoms with Crippen molar-refractivity contribution in [2.75, 3.05) is 26.7 Å². The van der Waals surface area contributed by atoms with Gasteiger partial charge in [0.15, 0.2) is 0 Å². The van der Waals surface area contributed by atoms with Crippen molar-refractivity contribution >= 4 is 10.2 Å². The van der Waals surface area contributed by atoms with Crippen LogP contribution in [-0.4, -0.2) is 39.4 Å². The van der Waals surface area contributed by atoms with Crippen molar-refractivity contribution < 1.29 is 8.42 Å². The van der Waals surface area contributed by atoms with Crippen molar-refractivity contribution in [2.24, 2.45) is 17.6 Å². The topological polar surface area (TPSA) is 75.4 Å². The second kappa shape index (κ2) is 7.43. The van der Waals surface area contributed by atoms with Crippen molar-refractivity contribution in [1.82, 2.24) is 9.03 Å². The summed E-state index contributed by atoms with van der Waals surface area (Å²) in [6, 6.07) is 0. The molecule has 0 aromatic rings. The Morgan fingerprint density at radius 1 is 1.39 bits per heavy atom. The van der Waals surface area contributed by atoms with E-state index in [0.717, 1.165) is 18.8 Å². The molecular weight excluding hydrogens is 250 g/mol. The number of hydrogen-bond donors (Lipinski definition) is 2. The Labute approximate surface area is 111 Å². The van der Waals surface area contributed by atoms with Gasteiger partial charge >= 0.3 is 0 Å². The maximum Gasteiger partial charge on any atom is 0.279 e. The predicted octanol–water partition coefficient (Wildman–Crippen LogP) is 0.928. The fourth-order valence-electron chi connectivity index (χ4n) is 2.51. The van der Waals surface area contributed by atoms with Crippen LogP contribution in [0.4, 0.5) is 0 Å². The first-order chi connectivity index (χ1) is 8.45. The lowest BCUT2D eigenvalue weighted by atomic mass is 9.83. The minimum absolute atomic E-state index is 0.479. The Hall–Kier alpha value is -0.170. The summed E-state index contributed by atoms with van der Waals surface area (Å²) >= 11 is 0. The van der Waals surface area contributed by atoms with Crippen LogP contribution in [0, 0.1) is 11.8 Å². The molecule has 108 valence electrons. The molecule has 0 aromatic heterocycles. The third-order valence-electron chi connectivity index (χ3n) is 3.69. The van der Waals surface area contributed by atoms with Crippen LogP contribution in [0.25, 0.3) is 0 Å². The van der Waals surface area contributed by atoms with Crippen molar-refractivity contribution in [3.63, 3.8) is 0 Å². The van der Waals surface area contributed by atoms with Crippen LogP contribution >= 0.6 is 0 Å².